The van der Waals surface area contributed by atoms with Crippen molar-refractivity contribution in [3.8, 4) is 0 Å². The second kappa shape index (κ2) is 26.9. The Labute approximate surface area is 372 Å². The highest BCUT2D eigenvalue weighted by molar-refractivity contribution is 5.70. The minimum atomic E-state index is -2.05. The first-order valence-corrected chi connectivity index (χ1v) is 22.2. The molecule has 16 heteroatoms. The Balaban J connectivity index is 1.81. The molecule has 19 unspecified atom stereocenters. The normalized spacial score (nSPS) is 46.6. The first-order valence-electron chi connectivity index (χ1n) is 22.2. The molecule has 3 aliphatic heterocycles. The van der Waals surface area contributed by atoms with Gasteiger partial charge < -0.3 is 75.7 Å². The lowest BCUT2D eigenvalue weighted by Gasteiger charge is -2.45. The number of aliphatic hydroxyl groups excluding tert-OH is 9. The number of rotatable bonds is 2. The number of cyclic esters (lactones) is 1. The van der Waals surface area contributed by atoms with Gasteiger partial charge in [-0.1, -0.05) is 106 Å². The zero-order valence-corrected chi connectivity index (χ0v) is 37.2. The Morgan fingerprint density at radius 2 is 1.17 bits per heavy atom. The van der Waals surface area contributed by atoms with Gasteiger partial charge in [-0.3, -0.25) is 4.79 Å². The highest BCUT2D eigenvalue weighted by Crippen LogP contribution is 2.37. The van der Waals surface area contributed by atoms with Crippen molar-refractivity contribution >= 4 is 5.97 Å². The van der Waals surface area contributed by atoms with Gasteiger partial charge in [-0.2, -0.15) is 0 Å². The largest absolute Gasteiger partial charge is 0.462 e. The molecule has 19 atom stereocenters. The standard InChI is InChI=1S/C47H75NO15/c1-28-18-16-14-12-10-8-6-7-9-11-13-15-17-19-36(62-46-45(58)42(48)44(57)32(5)61-46)25-40-30(3)39(54)27-47(59,63-40)26-35(51)23-38(53)37(52)21-20-33(49)22-34(50)24-41(55)60-31(4)29(2)43(28)56/h6-19,28-40,42-46,49-54,56-59H,20-27,48H2,1-5H3/b7-6+,10-8+,11-9+,14-12+,15-13+,18-16+,19-17+. The lowest BCUT2D eigenvalue weighted by atomic mass is 9.84. The molecule has 2 saturated heterocycles. The van der Waals surface area contributed by atoms with E-state index in [-0.39, 0.29) is 44.4 Å². The summed E-state index contributed by atoms with van der Waals surface area (Å²) >= 11 is 0. The molecular weight excluding hydrogens is 819 g/mol. The summed E-state index contributed by atoms with van der Waals surface area (Å²) in [6.45, 7) is 8.60. The zero-order valence-electron chi connectivity index (χ0n) is 37.2. The van der Waals surface area contributed by atoms with Crippen LogP contribution in [0, 0.1) is 17.8 Å². The maximum atomic E-state index is 12.6. The van der Waals surface area contributed by atoms with E-state index in [1.807, 2.05) is 61.6 Å². The first-order chi connectivity index (χ1) is 29.7. The average molecular weight is 894 g/mol. The summed E-state index contributed by atoms with van der Waals surface area (Å²) in [5.74, 6) is -3.96. The Hall–Kier alpha value is -2.91. The van der Waals surface area contributed by atoms with E-state index in [1.54, 1.807) is 58.1 Å². The molecule has 12 N–H and O–H groups in total. The van der Waals surface area contributed by atoms with Crippen molar-refractivity contribution in [1.29, 1.82) is 0 Å². The van der Waals surface area contributed by atoms with E-state index in [2.05, 4.69) is 0 Å². The molecular formula is C47H75NO15. The zero-order chi connectivity index (χ0) is 46.9. The third-order valence-corrected chi connectivity index (χ3v) is 12.1. The van der Waals surface area contributed by atoms with Gasteiger partial charge in [0.15, 0.2) is 12.1 Å². The number of allylic oxidation sites excluding steroid dienone is 12. The molecule has 3 rings (SSSR count). The third-order valence-electron chi connectivity index (χ3n) is 12.1. The fourth-order valence-electron chi connectivity index (χ4n) is 7.81. The van der Waals surface area contributed by atoms with Crippen molar-refractivity contribution in [2.24, 2.45) is 23.5 Å². The summed E-state index contributed by atoms with van der Waals surface area (Å²) in [5.41, 5.74) is 6.05. The molecule has 0 spiro atoms. The summed E-state index contributed by atoms with van der Waals surface area (Å²) in [7, 11) is 0. The predicted molar refractivity (Wildman–Crippen MR) is 235 cm³/mol. The van der Waals surface area contributed by atoms with Crippen LogP contribution in [0.15, 0.2) is 85.1 Å². The molecule has 2 fully saturated rings. The molecule has 0 aromatic carbocycles. The van der Waals surface area contributed by atoms with Crippen molar-refractivity contribution in [3.63, 3.8) is 0 Å². The molecule has 0 aliphatic carbocycles. The molecule has 358 valence electrons. The topological polar surface area (TPSA) is 282 Å². The van der Waals surface area contributed by atoms with Gasteiger partial charge in [0, 0.05) is 43.4 Å². The van der Waals surface area contributed by atoms with E-state index < -0.39 is 128 Å². The summed E-state index contributed by atoms with van der Waals surface area (Å²) in [6, 6.07) is -1.05. The monoisotopic (exact) mass is 894 g/mol. The molecule has 0 radical (unpaired) electrons. The van der Waals surface area contributed by atoms with Crippen LogP contribution in [0.5, 0.6) is 0 Å². The van der Waals surface area contributed by atoms with Crippen LogP contribution in [0.4, 0.5) is 0 Å². The van der Waals surface area contributed by atoms with Gasteiger partial charge >= 0.3 is 5.97 Å². The molecule has 2 bridgehead atoms. The molecule has 0 aromatic heterocycles. The smallest absolute Gasteiger partial charge is 0.308 e. The van der Waals surface area contributed by atoms with E-state index in [9.17, 15) is 55.9 Å². The number of esters is 1. The number of aliphatic hydroxyl groups is 10. The van der Waals surface area contributed by atoms with Crippen LogP contribution in [-0.4, -0.2) is 155 Å². The van der Waals surface area contributed by atoms with E-state index in [0.717, 1.165) is 0 Å². The lowest BCUT2D eigenvalue weighted by molar-refractivity contribution is -0.309. The lowest BCUT2D eigenvalue weighted by Crippen LogP contribution is -2.61. The van der Waals surface area contributed by atoms with E-state index >= 15 is 0 Å². The van der Waals surface area contributed by atoms with Crippen molar-refractivity contribution in [2.45, 2.75) is 183 Å². The van der Waals surface area contributed by atoms with Gasteiger partial charge in [0.25, 0.3) is 0 Å². The van der Waals surface area contributed by atoms with Crippen LogP contribution in [-0.2, 0) is 23.7 Å². The Kier molecular flexibility index (Phi) is 23.2. The minimum absolute atomic E-state index is 0.0493. The van der Waals surface area contributed by atoms with E-state index in [0.29, 0.717) is 0 Å². The Morgan fingerprint density at radius 3 is 1.78 bits per heavy atom. The van der Waals surface area contributed by atoms with Crippen molar-refractivity contribution in [3.05, 3.63) is 85.1 Å². The third kappa shape index (κ3) is 18.5. The molecule has 63 heavy (non-hydrogen) atoms. The SMILES string of the molecule is CC1/C=C/C=C/C=C/C=C/C=C/C=C/C=C/C(OC2OC(C)C(O)C(N)C2O)CC2OC(O)(CC(O)CC(O)C(O)CCC(O)CC(O)CC(=O)OC(C)C(C)C1O)CC(O)C2C. The highest BCUT2D eigenvalue weighted by Gasteiger charge is 2.47. The number of nitrogens with two attached hydrogens (primary N) is 1. The van der Waals surface area contributed by atoms with E-state index in [1.165, 1.54) is 0 Å². The summed E-state index contributed by atoms with van der Waals surface area (Å²) in [6.07, 6.45) is 8.05. The number of carbonyl (C=O) groups is 1. The van der Waals surface area contributed by atoms with Crippen LogP contribution in [0.1, 0.15) is 86.0 Å². The van der Waals surface area contributed by atoms with Gasteiger partial charge in [0.05, 0.1) is 79.6 Å². The molecule has 0 amide bonds. The second-order valence-electron chi connectivity index (χ2n) is 17.6. The average Bonchev–Trinajstić information content (AvgIpc) is 3.21. The molecule has 3 aliphatic rings. The van der Waals surface area contributed by atoms with Gasteiger partial charge in [-0.25, -0.2) is 0 Å². The van der Waals surface area contributed by atoms with Crippen LogP contribution in [0.3, 0.4) is 0 Å². The number of fused-ring (bicyclic) bond motifs is 2. The molecule has 3 heterocycles. The summed E-state index contributed by atoms with van der Waals surface area (Å²) in [4.78, 5) is 12.6. The number of hydrogen-bond acceptors (Lipinski definition) is 16. The number of ether oxygens (including phenoxy) is 4. The van der Waals surface area contributed by atoms with Crippen LogP contribution < -0.4 is 5.73 Å². The van der Waals surface area contributed by atoms with Gasteiger partial charge in [-0.05, 0) is 33.1 Å². The maximum absolute atomic E-state index is 12.6. The molecule has 0 saturated carbocycles. The van der Waals surface area contributed by atoms with E-state index in [4.69, 9.17) is 24.7 Å². The quantitative estimate of drug-likeness (QED) is 0.176. The molecule has 16 nitrogen and oxygen atoms in total. The Bertz CT molecular complexity index is 1570. The second-order valence-corrected chi connectivity index (χ2v) is 17.6. The fraction of sp³-hybridized carbons (Fsp3) is 0.681. The minimum Gasteiger partial charge on any atom is -0.462 e. The Morgan fingerprint density at radius 1 is 0.603 bits per heavy atom. The van der Waals surface area contributed by atoms with Crippen LogP contribution in [0.2, 0.25) is 0 Å². The van der Waals surface area contributed by atoms with Gasteiger partial charge in [0.2, 0.25) is 0 Å². The van der Waals surface area contributed by atoms with Crippen LogP contribution >= 0.6 is 0 Å². The van der Waals surface area contributed by atoms with Gasteiger partial charge in [0.1, 0.15) is 12.2 Å². The fourth-order valence-corrected chi connectivity index (χ4v) is 7.81. The highest BCUT2D eigenvalue weighted by atomic mass is 16.7. The predicted octanol–water partition coefficient (Wildman–Crippen LogP) is 1.65. The maximum Gasteiger partial charge on any atom is 0.308 e. The summed E-state index contributed by atoms with van der Waals surface area (Å²) < 4.78 is 23.6. The van der Waals surface area contributed by atoms with Crippen LogP contribution in [0.25, 0.3) is 0 Å². The number of hydrogen-bond donors (Lipinski definition) is 11. The molecule has 0 aromatic rings. The van der Waals surface area contributed by atoms with Gasteiger partial charge in [-0.15, -0.1) is 0 Å². The summed E-state index contributed by atoms with van der Waals surface area (Å²) in [5, 5.41) is 108. The van der Waals surface area contributed by atoms with Crippen molar-refractivity contribution in [1.82, 2.24) is 0 Å². The van der Waals surface area contributed by atoms with Crippen molar-refractivity contribution in [2.75, 3.05) is 0 Å². The van der Waals surface area contributed by atoms with Crippen molar-refractivity contribution < 1.29 is 74.8 Å². The first kappa shape index (κ1) is 54.4. The number of carbonyl (C=O) groups excluding carboxylic acids is 1.